The predicted octanol–water partition coefficient (Wildman–Crippen LogP) is -0.524. The first-order valence-corrected chi connectivity index (χ1v) is 11.9. The Morgan fingerprint density at radius 1 is 0.327 bits per heavy atom. The Labute approximate surface area is 285 Å². The van der Waals surface area contributed by atoms with Gasteiger partial charge in [-0.1, -0.05) is 0 Å². The van der Waals surface area contributed by atoms with Crippen LogP contribution in [0.25, 0.3) is 0 Å². The van der Waals surface area contributed by atoms with E-state index in [4.69, 9.17) is 61.3 Å². The minimum atomic E-state index is -1.32. The maximum Gasteiger partial charge on any atom is 0.335 e. The second-order valence-electron chi connectivity index (χ2n) is 8.60. The van der Waals surface area contributed by atoms with E-state index in [2.05, 4.69) is 0 Å². The van der Waals surface area contributed by atoms with Crippen LogP contribution in [-0.2, 0) is 21.1 Å². The van der Waals surface area contributed by atoms with E-state index < -0.39 is 92.9 Å². The summed E-state index contributed by atoms with van der Waals surface area (Å²) in [6.45, 7) is 0. The Morgan fingerprint density at radius 2 is 0.429 bits per heavy atom. The number of rotatable bonds is 4. The third-order valence-electron chi connectivity index (χ3n) is 5.19. The first-order chi connectivity index (χ1) is 22.1. The summed E-state index contributed by atoms with van der Waals surface area (Å²) in [6, 6.07) is 6.26. The maximum atomic E-state index is 10.7. The van der Waals surface area contributed by atoms with Gasteiger partial charge in [0.1, 0.15) is 46.0 Å². The van der Waals surface area contributed by atoms with E-state index in [1.165, 1.54) is 0 Å². The third kappa shape index (κ3) is 11.7. The van der Waals surface area contributed by atoms with E-state index in [1.807, 2.05) is 0 Å². The summed E-state index contributed by atoms with van der Waals surface area (Å²) >= 11 is 0. The number of aromatic hydroxyl groups is 8. The summed E-state index contributed by atoms with van der Waals surface area (Å²) in [5.74, 6) is -15.3. The molecule has 0 spiro atoms. The molecule has 0 amide bonds. The summed E-state index contributed by atoms with van der Waals surface area (Å²) in [7, 11) is 0. The zero-order valence-electron chi connectivity index (χ0n) is 23.7. The largest absolute Gasteiger partial charge is 0.867 e. The van der Waals surface area contributed by atoms with Gasteiger partial charge in [0.25, 0.3) is 0 Å². The molecular formula is C28H20O20W-4. The molecule has 4 rings (SSSR count). The van der Waals surface area contributed by atoms with Crippen molar-refractivity contribution in [1.82, 2.24) is 0 Å². The summed E-state index contributed by atoms with van der Waals surface area (Å²) in [6.07, 6.45) is 0. The van der Waals surface area contributed by atoms with Crippen LogP contribution in [0.15, 0.2) is 48.5 Å². The number of hydrogen-bond acceptors (Lipinski definition) is 16. The zero-order chi connectivity index (χ0) is 37.2. The van der Waals surface area contributed by atoms with Crippen molar-refractivity contribution in [3.63, 3.8) is 0 Å². The molecule has 0 fully saturated rings. The van der Waals surface area contributed by atoms with Crippen molar-refractivity contribution >= 4 is 23.9 Å². The van der Waals surface area contributed by atoms with Crippen LogP contribution in [0, 0.1) is 0 Å². The molecule has 4 aromatic carbocycles. The number of carboxylic acid groups (broad SMARTS) is 4. The van der Waals surface area contributed by atoms with Gasteiger partial charge in [0.15, 0.2) is 0 Å². The SMILES string of the molecule is O=C(O)c1cc(O)c([O-])c(O)c1.O=C(O)c1cc(O)c([O-])c(O)c1.O=C(O)c1cc(O)c([O-])c(O)c1.O=C(O)c1cc(O)c([O-])c(O)c1.[W]. The fraction of sp³-hybridized carbons (Fsp3) is 0. The van der Waals surface area contributed by atoms with Crippen molar-refractivity contribution in [1.29, 1.82) is 0 Å². The molecule has 4 aromatic rings. The van der Waals surface area contributed by atoms with Gasteiger partial charge in [-0.15, -0.1) is 0 Å². The molecule has 20 nitrogen and oxygen atoms in total. The van der Waals surface area contributed by atoms with Crippen LogP contribution in [0.3, 0.4) is 0 Å². The van der Waals surface area contributed by atoms with E-state index in [1.54, 1.807) is 0 Å². The molecule has 0 bridgehead atoms. The molecule has 0 heterocycles. The molecule has 0 radical (unpaired) electrons. The first-order valence-electron chi connectivity index (χ1n) is 11.9. The van der Waals surface area contributed by atoms with Gasteiger partial charge in [-0.3, -0.25) is 0 Å². The molecule has 21 heteroatoms. The summed E-state index contributed by atoms with van der Waals surface area (Å²) in [4.78, 5) is 41.2. The molecule has 0 aromatic heterocycles. The Balaban J connectivity index is 0.000000623. The van der Waals surface area contributed by atoms with Crippen molar-refractivity contribution in [3.05, 3.63) is 70.8 Å². The molecule has 49 heavy (non-hydrogen) atoms. The molecule has 0 aliphatic carbocycles. The Kier molecular flexibility index (Phi) is 15.2. The number of carboxylic acids is 4. The van der Waals surface area contributed by atoms with Crippen molar-refractivity contribution < 1.29 is 122 Å². The smallest absolute Gasteiger partial charge is 0.335 e. The first kappa shape index (κ1) is 42.0. The minimum Gasteiger partial charge on any atom is -0.867 e. The molecule has 262 valence electrons. The Hall–Kier alpha value is -6.95. The van der Waals surface area contributed by atoms with Gasteiger partial charge in [-0.2, -0.15) is 0 Å². The van der Waals surface area contributed by atoms with Crippen LogP contribution in [0.2, 0.25) is 0 Å². The third-order valence-corrected chi connectivity index (χ3v) is 5.19. The average Bonchev–Trinajstić information content (AvgIpc) is 2.99. The van der Waals surface area contributed by atoms with Crippen molar-refractivity contribution in [2.45, 2.75) is 0 Å². The van der Waals surface area contributed by atoms with Crippen LogP contribution < -0.4 is 20.4 Å². The van der Waals surface area contributed by atoms with E-state index in [9.17, 15) is 39.6 Å². The van der Waals surface area contributed by atoms with Gasteiger partial charge in [0, 0.05) is 21.1 Å². The van der Waals surface area contributed by atoms with Gasteiger partial charge in [0.2, 0.25) is 0 Å². The normalized spacial score (nSPS) is 9.47. The summed E-state index contributed by atoms with van der Waals surface area (Å²) < 4.78 is 0. The standard InChI is InChI=1S/4C7H6O5.W/c4*8-4-1-3(7(11)12)2-5(9)6(4)10;/h4*1-2,8-10H,(H,11,12);/p-4. The van der Waals surface area contributed by atoms with E-state index in [0.29, 0.717) is 0 Å². The summed E-state index contributed by atoms with van der Waals surface area (Å²) in [5.41, 5.74) is -1.32. The van der Waals surface area contributed by atoms with E-state index in [-0.39, 0.29) is 43.3 Å². The average molecular weight is 860 g/mol. The molecule has 0 aliphatic rings. The van der Waals surface area contributed by atoms with Gasteiger partial charge in [-0.25, -0.2) is 19.2 Å². The minimum absolute atomic E-state index is 0. The molecule has 0 aliphatic heterocycles. The van der Waals surface area contributed by atoms with Crippen LogP contribution in [-0.4, -0.2) is 85.2 Å². The number of phenolic OH excluding ortho intramolecular Hbond substituents is 8. The van der Waals surface area contributed by atoms with Crippen LogP contribution in [0.1, 0.15) is 41.4 Å². The number of phenols is 8. The number of benzene rings is 4. The molecule has 0 saturated carbocycles. The van der Waals surface area contributed by atoms with Crippen LogP contribution in [0.4, 0.5) is 0 Å². The second kappa shape index (κ2) is 17.7. The van der Waals surface area contributed by atoms with Gasteiger partial charge in [0.05, 0.1) is 22.3 Å². The number of carbonyl (C=O) groups is 4. The van der Waals surface area contributed by atoms with E-state index in [0.717, 1.165) is 48.5 Å². The van der Waals surface area contributed by atoms with Crippen molar-refractivity contribution in [2.75, 3.05) is 0 Å². The second-order valence-corrected chi connectivity index (χ2v) is 8.60. The number of hydrogen-bond donors (Lipinski definition) is 12. The van der Waals surface area contributed by atoms with Gasteiger partial charge in [-0.05, 0) is 71.5 Å². The van der Waals surface area contributed by atoms with Crippen molar-refractivity contribution in [2.24, 2.45) is 0 Å². The fourth-order valence-electron chi connectivity index (χ4n) is 2.89. The van der Waals surface area contributed by atoms with E-state index >= 15 is 0 Å². The zero-order valence-corrected chi connectivity index (χ0v) is 26.6. The molecular weight excluding hydrogens is 840 g/mol. The predicted molar refractivity (Wildman–Crippen MR) is 145 cm³/mol. The topological polar surface area (TPSA) is 403 Å². The maximum absolute atomic E-state index is 10.7. The molecule has 0 atom stereocenters. The number of aromatic carboxylic acids is 4. The summed E-state index contributed by atoms with van der Waals surface area (Å²) in [5, 5.41) is 147. The Morgan fingerprint density at radius 3 is 0.510 bits per heavy atom. The molecule has 0 saturated heterocycles. The Bertz CT molecular complexity index is 1510. The van der Waals surface area contributed by atoms with Crippen LogP contribution in [0.5, 0.6) is 69.0 Å². The van der Waals surface area contributed by atoms with Gasteiger partial charge >= 0.3 is 23.9 Å². The van der Waals surface area contributed by atoms with Crippen molar-refractivity contribution in [3.8, 4) is 69.0 Å². The monoisotopic (exact) mass is 860 g/mol. The molecule has 0 unspecified atom stereocenters. The quantitative estimate of drug-likeness (QED) is 0.123. The fourth-order valence-corrected chi connectivity index (χ4v) is 2.89. The van der Waals surface area contributed by atoms with Gasteiger partial charge < -0.3 is 81.7 Å². The molecule has 12 N–H and O–H groups in total. The van der Waals surface area contributed by atoms with Crippen LogP contribution >= 0.6 is 0 Å².